The van der Waals surface area contributed by atoms with Crippen molar-refractivity contribution < 1.29 is 23.7 Å². The van der Waals surface area contributed by atoms with E-state index in [9.17, 15) is 4.79 Å². The van der Waals surface area contributed by atoms with Crippen molar-refractivity contribution in [1.29, 1.82) is 0 Å². The molecule has 1 aliphatic rings. The molecule has 0 saturated heterocycles. The van der Waals surface area contributed by atoms with Gasteiger partial charge in [0.05, 0.1) is 14.2 Å². The highest BCUT2D eigenvalue weighted by atomic mass is 16.6. The van der Waals surface area contributed by atoms with Crippen LogP contribution in [0.15, 0.2) is 36.4 Å². The second kappa shape index (κ2) is 8.53. The van der Waals surface area contributed by atoms with Crippen LogP contribution in [0.3, 0.4) is 0 Å². The Hall–Kier alpha value is -3.09. The second-order valence-electron chi connectivity index (χ2n) is 6.15. The second-order valence-corrected chi connectivity index (χ2v) is 6.15. The minimum Gasteiger partial charge on any atom is -0.493 e. The predicted molar refractivity (Wildman–Crippen MR) is 101 cm³/mol. The Morgan fingerprint density at radius 3 is 2.63 bits per heavy atom. The monoisotopic (exact) mass is 372 g/mol. The van der Waals surface area contributed by atoms with E-state index in [1.807, 2.05) is 36.4 Å². The summed E-state index contributed by atoms with van der Waals surface area (Å²) >= 11 is 0. The molecule has 0 aliphatic carbocycles. The number of carbonyl (C=O) groups is 1. The van der Waals surface area contributed by atoms with E-state index in [1.54, 1.807) is 26.2 Å². The van der Waals surface area contributed by atoms with Crippen molar-refractivity contribution >= 4 is 6.03 Å². The summed E-state index contributed by atoms with van der Waals surface area (Å²) in [6.45, 7) is 1.89. The highest BCUT2D eigenvalue weighted by molar-refractivity contribution is 5.74. The third kappa shape index (κ3) is 4.36. The average molecular weight is 372 g/mol. The van der Waals surface area contributed by atoms with Crippen LogP contribution in [0.1, 0.15) is 11.1 Å². The molecule has 27 heavy (non-hydrogen) atoms. The third-order valence-electron chi connectivity index (χ3n) is 4.29. The number of rotatable bonds is 6. The van der Waals surface area contributed by atoms with Crippen LogP contribution in [0.25, 0.3) is 0 Å². The molecule has 1 N–H and O–H groups in total. The van der Waals surface area contributed by atoms with Gasteiger partial charge < -0.3 is 29.2 Å². The van der Waals surface area contributed by atoms with Crippen LogP contribution in [-0.2, 0) is 13.1 Å². The largest absolute Gasteiger partial charge is 0.493 e. The van der Waals surface area contributed by atoms with Crippen molar-refractivity contribution in [3.63, 3.8) is 0 Å². The van der Waals surface area contributed by atoms with Crippen molar-refractivity contribution in [2.75, 3.05) is 34.5 Å². The van der Waals surface area contributed by atoms with E-state index in [0.29, 0.717) is 43.6 Å². The number of nitrogens with one attached hydrogen (secondary N) is 1. The number of hydrogen-bond acceptors (Lipinski definition) is 5. The highest BCUT2D eigenvalue weighted by Gasteiger charge is 2.15. The SMILES string of the molecule is COc1cccc(CNC(=O)N(C)Cc2ccc3c(c2)OCCO3)c1OC. The van der Waals surface area contributed by atoms with Crippen LogP contribution in [-0.4, -0.2) is 45.4 Å². The van der Waals surface area contributed by atoms with Crippen LogP contribution < -0.4 is 24.3 Å². The van der Waals surface area contributed by atoms with Crippen molar-refractivity contribution in [1.82, 2.24) is 10.2 Å². The molecule has 0 atom stereocenters. The van der Waals surface area contributed by atoms with E-state index in [1.165, 1.54) is 0 Å². The number of benzene rings is 2. The highest BCUT2D eigenvalue weighted by Crippen LogP contribution is 2.31. The Bertz CT molecular complexity index is 809. The Morgan fingerprint density at radius 1 is 1.11 bits per heavy atom. The molecule has 0 saturated carbocycles. The zero-order valence-electron chi connectivity index (χ0n) is 15.8. The molecule has 0 unspecified atom stereocenters. The van der Waals surface area contributed by atoms with Crippen LogP contribution in [0, 0.1) is 0 Å². The lowest BCUT2D eigenvalue weighted by molar-refractivity contribution is 0.171. The van der Waals surface area contributed by atoms with Gasteiger partial charge in [-0.2, -0.15) is 0 Å². The summed E-state index contributed by atoms with van der Waals surface area (Å²) in [7, 11) is 4.91. The van der Waals surface area contributed by atoms with Gasteiger partial charge in [-0.3, -0.25) is 0 Å². The fraction of sp³-hybridized carbons (Fsp3) is 0.350. The van der Waals surface area contributed by atoms with Gasteiger partial charge in [-0.1, -0.05) is 18.2 Å². The normalized spacial score (nSPS) is 12.3. The number of carbonyl (C=O) groups excluding carboxylic acids is 1. The first-order valence-corrected chi connectivity index (χ1v) is 8.69. The lowest BCUT2D eigenvalue weighted by atomic mass is 10.1. The molecule has 0 bridgehead atoms. The van der Waals surface area contributed by atoms with Crippen LogP contribution in [0.5, 0.6) is 23.0 Å². The number of para-hydroxylation sites is 1. The molecule has 2 aromatic rings. The summed E-state index contributed by atoms with van der Waals surface area (Å²) in [5, 5.41) is 2.90. The summed E-state index contributed by atoms with van der Waals surface area (Å²) < 4.78 is 21.8. The molecule has 7 nitrogen and oxygen atoms in total. The number of hydrogen-bond donors (Lipinski definition) is 1. The van der Waals surface area contributed by atoms with Crippen LogP contribution in [0.4, 0.5) is 4.79 Å². The van der Waals surface area contributed by atoms with Crippen LogP contribution in [0.2, 0.25) is 0 Å². The molecule has 144 valence electrons. The van der Waals surface area contributed by atoms with Gasteiger partial charge in [0.15, 0.2) is 23.0 Å². The first-order chi connectivity index (χ1) is 13.1. The van der Waals surface area contributed by atoms with Gasteiger partial charge in [0.25, 0.3) is 0 Å². The number of amides is 2. The minimum atomic E-state index is -0.185. The Kier molecular flexibility index (Phi) is 5.90. The molecule has 0 radical (unpaired) electrons. The van der Waals surface area contributed by atoms with Gasteiger partial charge in [-0.15, -0.1) is 0 Å². The third-order valence-corrected chi connectivity index (χ3v) is 4.29. The van der Waals surface area contributed by atoms with Gasteiger partial charge in [0.2, 0.25) is 0 Å². The Labute approximate surface area is 158 Å². The lowest BCUT2D eigenvalue weighted by Gasteiger charge is -2.21. The Morgan fingerprint density at radius 2 is 1.89 bits per heavy atom. The topological polar surface area (TPSA) is 69.3 Å². The quantitative estimate of drug-likeness (QED) is 0.844. The van der Waals surface area contributed by atoms with E-state index in [-0.39, 0.29) is 6.03 Å². The Balaban J connectivity index is 1.60. The van der Waals surface area contributed by atoms with Gasteiger partial charge in [0.1, 0.15) is 13.2 Å². The lowest BCUT2D eigenvalue weighted by Crippen LogP contribution is -2.36. The summed E-state index contributed by atoms with van der Waals surface area (Å²) in [5.74, 6) is 2.71. The average Bonchev–Trinajstić information content (AvgIpc) is 2.71. The maximum Gasteiger partial charge on any atom is 0.317 e. The molecule has 3 rings (SSSR count). The first kappa shape index (κ1) is 18.7. The van der Waals surface area contributed by atoms with Crippen molar-refractivity contribution in [2.24, 2.45) is 0 Å². The van der Waals surface area contributed by atoms with E-state index in [2.05, 4.69) is 5.32 Å². The summed E-state index contributed by atoms with van der Waals surface area (Å²) in [6, 6.07) is 11.1. The number of ether oxygens (including phenoxy) is 4. The molecule has 1 heterocycles. The molecule has 0 spiro atoms. The maximum atomic E-state index is 12.5. The van der Waals surface area contributed by atoms with Gasteiger partial charge >= 0.3 is 6.03 Å². The standard InChI is InChI=1S/C20H24N2O5/c1-22(13-14-7-8-16-18(11-14)27-10-9-26-16)20(23)21-12-15-5-4-6-17(24-2)19(15)25-3/h4-8,11H,9-10,12-13H2,1-3H3,(H,21,23). The van der Waals surface area contributed by atoms with E-state index in [4.69, 9.17) is 18.9 Å². The van der Waals surface area contributed by atoms with Crippen molar-refractivity contribution in [3.8, 4) is 23.0 Å². The van der Waals surface area contributed by atoms with E-state index >= 15 is 0 Å². The van der Waals surface area contributed by atoms with E-state index < -0.39 is 0 Å². The zero-order chi connectivity index (χ0) is 19.2. The predicted octanol–water partition coefficient (Wildman–Crippen LogP) is 2.82. The first-order valence-electron chi connectivity index (χ1n) is 8.69. The number of urea groups is 1. The summed E-state index contributed by atoms with van der Waals surface area (Å²) in [6.07, 6.45) is 0. The number of fused-ring (bicyclic) bond motifs is 1. The molecule has 0 fully saturated rings. The molecular formula is C20H24N2O5. The summed E-state index contributed by atoms with van der Waals surface area (Å²) in [4.78, 5) is 14.1. The molecule has 2 amide bonds. The fourth-order valence-electron chi connectivity index (χ4n) is 2.93. The molecule has 1 aliphatic heterocycles. The molecule has 7 heteroatoms. The molecule has 0 aromatic heterocycles. The van der Waals surface area contributed by atoms with E-state index in [0.717, 1.165) is 16.9 Å². The number of nitrogens with zero attached hydrogens (tertiary/aromatic N) is 1. The van der Waals surface area contributed by atoms with Gasteiger partial charge in [-0.25, -0.2) is 4.79 Å². The zero-order valence-corrected chi connectivity index (χ0v) is 15.8. The van der Waals surface area contributed by atoms with Crippen molar-refractivity contribution in [2.45, 2.75) is 13.1 Å². The van der Waals surface area contributed by atoms with Crippen molar-refractivity contribution in [3.05, 3.63) is 47.5 Å². The smallest absolute Gasteiger partial charge is 0.317 e. The number of methoxy groups -OCH3 is 2. The minimum absolute atomic E-state index is 0.185. The molecule has 2 aromatic carbocycles. The fourth-order valence-corrected chi connectivity index (χ4v) is 2.93. The van der Waals surface area contributed by atoms with Gasteiger partial charge in [0, 0.05) is 25.7 Å². The maximum absolute atomic E-state index is 12.5. The van der Waals surface area contributed by atoms with Gasteiger partial charge in [-0.05, 0) is 23.8 Å². The molecular weight excluding hydrogens is 348 g/mol. The van der Waals surface area contributed by atoms with Crippen LogP contribution >= 0.6 is 0 Å². The summed E-state index contributed by atoms with van der Waals surface area (Å²) in [5.41, 5.74) is 1.81.